The molecule has 0 aliphatic heterocycles. The molecule has 0 N–H and O–H groups in total. The van der Waals surface area contributed by atoms with Gasteiger partial charge in [-0.25, -0.2) is 0 Å². The van der Waals surface area contributed by atoms with E-state index < -0.39 is 0 Å². The maximum Gasteiger partial charge on any atom is 0.0345 e. The van der Waals surface area contributed by atoms with E-state index in [1.54, 1.807) is 16.7 Å². The zero-order valence-corrected chi connectivity index (χ0v) is 16.6. The van der Waals surface area contributed by atoms with E-state index in [-0.39, 0.29) is 0 Å². The number of fused-ring (bicyclic) bond motifs is 10. The average molecular weight is 355 g/mol. The number of allylic oxidation sites excluding steroid dienone is 12. The summed E-state index contributed by atoms with van der Waals surface area (Å²) in [5, 5.41) is 0. The fraction of sp³-hybridized carbons (Fsp3) is 0.556. The number of rotatable bonds is 2. The van der Waals surface area contributed by atoms with E-state index >= 15 is 0 Å². The molecule has 0 saturated heterocycles. The third-order valence-electron chi connectivity index (χ3n) is 9.81. The van der Waals surface area contributed by atoms with E-state index in [4.69, 9.17) is 0 Å². The van der Waals surface area contributed by atoms with Gasteiger partial charge >= 0.3 is 0 Å². The second-order valence-electron chi connectivity index (χ2n) is 10.3. The van der Waals surface area contributed by atoms with Crippen molar-refractivity contribution in [2.45, 2.75) is 39.5 Å². The van der Waals surface area contributed by atoms with Gasteiger partial charge in [0, 0.05) is 5.92 Å². The molecule has 9 atom stereocenters. The molecule has 0 aromatic heterocycles. The van der Waals surface area contributed by atoms with Crippen LogP contribution in [0.1, 0.15) is 39.5 Å². The van der Waals surface area contributed by atoms with Crippen LogP contribution in [-0.4, -0.2) is 0 Å². The van der Waals surface area contributed by atoms with Crippen LogP contribution in [0.15, 0.2) is 70.4 Å². The second kappa shape index (κ2) is 5.07. The van der Waals surface area contributed by atoms with Crippen molar-refractivity contribution < 1.29 is 0 Å². The summed E-state index contributed by atoms with van der Waals surface area (Å²) in [7, 11) is 0. The molecule has 3 fully saturated rings. The van der Waals surface area contributed by atoms with E-state index in [9.17, 15) is 0 Å². The van der Waals surface area contributed by atoms with Gasteiger partial charge in [-0.15, -0.1) is 0 Å². The average Bonchev–Trinajstić information content (AvgIpc) is 3.43. The number of hydrogen-bond donors (Lipinski definition) is 0. The standard InChI is InChI=1S/C27H30/c1-3-14-12-15(4-2)24-21-13-20(23(14)24)26-18-10-8-16-6-5-7-17-9-11-19(27(21)26)25(18)22(16)17/h5-11,14-15,20-24,26-27H,3-4,12-13H2,1-2H3. The molecule has 0 radical (unpaired) electrons. The van der Waals surface area contributed by atoms with E-state index in [0.717, 1.165) is 47.3 Å². The molecule has 7 aliphatic rings. The fourth-order valence-corrected chi connectivity index (χ4v) is 9.19. The van der Waals surface area contributed by atoms with E-state index in [1.165, 1.54) is 36.8 Å². The largest absolute Gasteiger partial charge is 0.0651 e. The zero-order chi connectivity index (χ0) is 17.9. The van der Waals surface area contributed by atoms with Crippen molar-refractivity contribution in [3.63, 3.8) is 0 Å². The van der Waals surface area contributed by atoms with Gasteiger partial charge in [0.1, 0.15) is 0 Å². The van der Waals surface area contributed by atoms with Crippen LogP contribution in [-0.2, 0) is 0 Å². The highest BCUT2D eigenvalue weighted by Crippen LogP contribution is 2.73. The first-order valence-electron chi connectivity index (χ1n) is 11.5. The molecule has 7 aliphatic carbocycles. The first-order valence-corrected chi connectivity index (χ1v) is 11.5. The Labute approximate surface area is 163 Å². The quantitative estimate of drug-likeness (QED) is 0.537. The first kappa shape index (κ1) is 15.4. The Balaban J connectivity index is 1.38. The predicted molar refractivity (Wildman–Crippen MR) is 111 cm³/mol. The molecule has 0 nitrogen and oxygen atoms in total. The molecule has 0 amide bonds. The van der Waals surface area contributed by atoms with Gasteiger partial charge in [-0.05, 0) is 88.1 Å². The van der Waals surface area contributed by atoms with Crippen molar-refractivity contribution in [1.82, 2.24) is 0 Å². The van der Waals surface area contributed by atoms with Crippen LogP contribution in [0.4, 0.5) is 0 Å². The Hall–Kier alpha value is -1.56. The Morgan fingerprint density at radius 3 is 2.30 bits per heavy atom. The summed E-state index contributed by atoms with van der Waals surface area (Å²) in [5.74, 6) is 8.27. The Bertz CT molecular complexity index is 916. The van der Waals surface area contributed by atoms with E-state index in [2.05, 4.69) is 56.4 Å². The van der Waals surface area contributed by atoms with E-state index in [0.29, 0.717) is 5.92 Å². The van der Waals surface area contributed by atoms with Crippen LogP contribution < -0.4 is 0 Å². The Morgan fingerprint density at radius 2 is 1.52 bits per heavy atom. The summed E-state index contributed by atoms with van der Waals surface area (Å²) in [6.45, 7) is 4.93. The summed E-state index contributed by atoms with van der Waals surface area (Å²) in [6, 6.07) is 0. The van der Waals surface area contributed by atoms with E-state index in [1.807, 2.05) is 0 Å². The fourth-order valence-electron chi connectivity index (χ4n) is 9.19. The molecular weight excluding hydrogens is 324 g/mol. The molecule has 0 aromatic carbocycles. The van der Waals surface area contributed by atoms with Crippen LogP contribution >= 0.6 is 0 Å². The van der Waals surface area contributed by atoms with Crippen molar-refractivity contribution in [3.8, 4) is 0 Å². The monoisotopic (exact) mass is 354 g/mol. The van der Waals surface area contributed by atoms with Gasteiger partial charge in [-0.3, -0.25) is 0 Å². The third-order valence-corrected chi connectivity index (χ3v) is 9.81. The number of hydrogen-bond acceptors (Lipinski definition) is 0. The van der Waals surface area contributed by atoms with Crippen molar-refractivity contribution in [2.24, 2.45) is 53.3 Å². The van der Waals surface area contributed by atoms with Crippen molar-refractivity contribution in [2.75, 3.05) is 0 Å². The Morgan fingerprint density at radius 1 is 0.778 bits per heavy atom. The molecule has 27 heavy (non-hydrogen) atoms. The zero-order valence-electron chi connectivity index (χ0n) is 16.6. The van der Waals surface area contributed by atoms with Gasteiger partial charge in [-0.2, -0.15) is 0 Å². The highest BCUT2D eigenvalue weighted by Gasteiger charge is 2.66. The van der Waals surface area contributed by atoms with Crippen LogP contribution in [0.5, 0.6) is 0 Å². The smallest absolute Gasteiger partial charge is 0.0345 e. The second-order valence-corrected chi connectivity index (χ2v) is 10.3. The third kappa shape index (κ3) is 1.65. The lowest BCUT2D eigenvalue weighted by atomic mass is 9.64. The lowest BCUT2D eigenvalue weighted by molar-refractivity contribution is 0.119. The highest BCUT2D eigenvalue weighted by atomic mass is 14.7. The SMILES string of the molecule is CCC1CC(CC)C2C3CC(C4C5=CC=C6C=CC=C7C=CC(=C5C76)C34)C12. The van der Waals surface area contributed by atoms with Crippen LogP contribution in [0.2, 0.25) is 0 Å². The molecule has 2 bridgehead atoms. The Kier molecular flexibility index (Phi) is 2.89. The molecule has 0 spiro atoms. The predicted octanol–water partition coefficient (Wildman–Crippen LogP) is 6.42. The maximum atomic E-state index is 2.54. The molecule has 0 heteroatoms. The van der Waals surface area contributed by atoms with Gasteiger partial charge in [0.15, 0.2) is 0 Å². The lowest BCUT2D eigenvalue weighted by Gasteiger charge is -2.39. The van der Waals surface area contributed by atoms with Gasteiger partial charge in [0.25, 0.3) is 0 Å². The minimum absolute atomic E-state index is 0.559. The molecule has 0 heterocycles. The van der Waals surface area contributed by atoms with Crippen LogP contribution in [0.25, 0.3) is 0 Å². The minimum Gasteiger partial charge on any atom is -0.0651 e. The van der Waals surface area contributed by atoms with Crippen LogP contribution in [0.3, 0.4) is 0 Å². The molecule has 7 rings (SSSR count). The summed E-state index contributed by atoms with van der Waals surface area (Å²) in [6.07, 6.45) is 22.8. The lowest BCUT2D eigenvalue weighted by Crippen LogP contribution is -2.35. The van der Waals surface area contributed by atoms with Gasteiger partial charge < -0.3 is 0 Å². The summed E-state index contributed by atoms with van der Waals surface area (Å²) in [5.41, 5.74) is 8.32. The van der Waals surface area contributed by atoms with Gasteiger partial charge in [0.2, 0.25) is 0 Å². The van der Waals surface area contributed by atoms with Crippen LogP contribution in [0, 0.1) is 53.3 Å². The molecule has 9 unspecified atom stereocenters. The maximum absolute atomic E-state index is 2.54. The van der Waals surface area contributed by atoms with Gasteiger partial charge in [0.05, 0.1) is 0 Å². The summed E-state index contributed by atoms with van der Waals surface area (Å²) in [4.78, 5) is 0. The minimum atomic E-state index is 0.559. The molecular formula is C27H30. The van der Waals surface area contributed by atoms with Gasteiger partial charge in [-0.1, -0.05) is 69.2 Å². The topological polar surface area (TPSA) is 0 Å². The van der Waals surface area contributed by atoms with Crippen molar-refractivity contribution >= 4 is 0 Å². The molecule has 0 aromatic rings. The highest BCUT2D eigenvalue weighted by molar-refractivity contribution is 5.68. The first-order chi connectivity index (χ1) is 13.3. The van der Waals surface area contributed by atoms with Crippen molar-refractivity contribution in [3.05, 3.63) is 70.4 Å². The summed E-state index contributed by atoms with van der Waals surface area (Å²) < 4.78 is 0. The molecule has 138 valence electrons. The summed E-state index contributed by atoms with van der Waals surface area (Å²) >= 11 is 0. The normalized spacial score (nSPS) is 49.7. The van der Waals surface area contributed by atoms with Crippen molar-refractivity contribution in [1.29, 1.82) is 0 Å². The molecule has 3 saturated carbocycles.